The van der Waals surface area contributed by atoms with Gasteiger partial charge in [0.15, 0.2) is 0 Å². The van der Waals surface area contributed by atoms with Crippen molar-refractivity contribution in [1.29, 1.82) is 0 Å². The molecule has 2 fully saturated rings. The summed E-state index contributed by atoms with van der Waals surface area (Å²) in [4.78, 5) is 28.8. The Morgan fingerprint density at radius 2 is 1.84 bits per heavy atom. The lowest BCUT2D eigenvalue weighted by Crippen LogP contribution is -2.39. The number of likely N-dealkylation sites (tertiary alicyclic amines) is 2. The fourth-order valence-corrected chi connectivity index (χ4v) is 4.55. The van der Waals surface area contributed by atoms with Gasteiger partial charge in [-0.25, -0.2) is 0 Å². The Bertz CT molecular complexity index is 899. The molecule has 2 saturated heterocycles. The maximum absolute atomic E-state index is 13.2. The predicted octanol–water partition coefficient (Wildman–Crippen LogP) is 3.16. The van der Waals surface area contributed by atoms with E-state index in [4.69, 9.17) is 4.42 Å². The van der Waals surface area contributed by atoms with Crippen molar-refractivity contribution in [2.24, 2.45) is 0 Å². The van der Waals surface area contributed by atoms with Gasteiger partial charge in [-0.2, -0.15) is 5.10 Å². The number of hydrogen-bond acceptors (Lipinski definition) is 6. The molecule has 0 aromatic carbocycles. The Morgan fingerprint density at radius 3 is 2.58 bits per heavy atom. The number of piperidine rings is 2. The van der Waals surface area contributed by atoms with Crippen molar-refractivity contribution in [2.75, 3.05) is 19.6 Å². The zero-order chi connectivity index (χ0) is 21.8. The molecular formula is C22H32N6O3. The van der Waals surface area contributed by atoms with Gasteiger partial charge in [0.25, 0.3) is 5.91 Å². The highest BCUT2D eigenvalue weighted by atomic mass is 16.4. The highest BCUT2D eigenvalue weighted by molar-refractivity contribution is 5.92. The molecule has 2 aromatic rings. The Morgan fingerprint density at radius 1 is 1.06 bits per heavy atom. The number of carbonyl (C=O) groups is 2. The third-order valence-corrected chi connectivity index (χ3v) is 6.32. The molecular weight excluding hydrogens is 396 g/mol. The van der Waals surface area contributed by atoms with Gasteiger partial charge in [-0.15, -0.1) is 10.2 Å². The van der Waals surface area contributed by atoms with Crippen molar-refractivity contribution in [3.05, 3.63) is 29.7 Å². The van der Waals surface area contributed by atoms with Gasteiger partial charge >= 0.3 is 0 Å². The second-order valence-corrected chi connectivity index (χ2v) is 8.46. The third-order valence-electron chi connectivity index (χ3n) is 6.32. The predicted molar refractivity (Wildman–Crippen MR) is 113 cm³/mol. The van der Waals surface area contributed by atoms with E-state index < -0.39 is 0 Å². The van der Waals surface area contributed by atoms with Crippen molar-refractivity contribution in [2.45, 2.75) is 77.3 Å². The van der Waals surface area contributed by atoms with Crippen molar-refractivity contribution >= 4 is 11.8 Å². The number of aromatic nitrogens is 4. The number of aryl methyl sites for hydroxylation is 1. The third kappa shape index (κ3) is 4.65. The van der Waals surface area contributed by atoms with Crippen molar-refractivity contribution < 1.29 is 14.0 Å². The van der Waals surface area contributed by atoms with Crippen molar-refractivity contribution in [3.63, 3.8) is 0 Å². The fraction of sp³-hybridized carbons (Fsp3) is 0.682. The minimum atomic E-state index is -0.208. The summed E-state index contributed by atoms with van der Waals surface area (Å²) < 4.78 is 7.91. The Labute approximate surface area is 182 Å². The van der Waals surface area contributed by atoms with Crippen LogP contribution in [0.4, 0.5) is 0 Å². The van der Waals surface area contributed by atoms with E-state index in [1.165, 1.54) is 0 Å². The molecule has 9 heteroatoms. The molecule has 2 aliphatic rings. The van der Waals surface area contributed by atoms with Crippen LogP contribution >= 0.6 is 0 Å². The zero-order valence-corrected chi connectivity index (χ0v) is 18.5. The SMILES string of the molecule is CCCn1ccc(C(=O)N2CCCC[C@@H]2c2nnc(C3CCN(C(=O)CC)CC3)o2)n1. The van der Waals surface area contributed by atoms with E-state index >= 15 is 0 Å². The van der Waals surface area contributed by atoms with E-state index in [1.54, 1.807) is 6.07 Å². The number of nitrogens with zero attached hydrogens (tertiary/aromatic N) is 6. The molecule has 0 bridgehead atoms. The average Bonchev–Trinajstić information content (AvgIpc) is 3.49. The van der Waals surface area contributed by atoms with Crippen LogP contribution in [0, 0.1) is 0 Å². The first-order chi connectivity index (χ1) is 15.1. The van der Waals surface area contributed by atoms with Gasteiger partial charge in [0, 0.05) is 44.7 Å². The smallest absolute Gasteiger partial charge is 0.275 e. The summed E-state index contributed by atoms with van der Waals surface area (Å²) in [5.41, 5.74) is 0.466. The standard InChI is InChI=1S/C22H32N6O3/c1-3-11-27-15-10-17(25-27)22(30)28-12-6-5-7-18(28)21-24-23-20(31-21)16-8-13-26(14-9-16)19(29)4-2/h10,15-16,18H,3-9,11-14H2,1-2H3/t18-/m1/s1. The fourth-order valence-electron chi connectivity index (χ4n) is 4.55. The molecule has 0 saturated carbocycles. The van der Waals surface area contributed by atoms with E-state index in [0.717, 1.165) is 58.2 Å². The van der Waals surface area contributed by atoms with Crippen LogP contribution in [-0.4, -0.2) is 61.2 Å². The molecule has 2 aliphatic heterocycles. The number of rotatable bonds is 6. The topological polar surface area (TPSA) is 97.4 Å². The van der Waals surface area contributed by atoms with Crippen LogP contribution in [-0.2, 0) is 11.3 Å². The lowest BCUT2D eigenvalue weighted by molar-refractivity contribution is -0.131. The molecule has 0 unspecified atom stereocenters. The van der Waals surface area contributed by atoms with Gasteiger partial charge in [-0.3, -0.25) is 14.3 Å². The van der Waals surface area contributed by atoms with Crippen molar-refractivity contribution in [3.8, 4) is 0 Å². The molecule has 0 radical (unpaired) electrons. The maximum atomic E-state index is 13.2. The molecule has 0 aliphatic carbocycles. The molecule has 1 atom stereocenters. The Hall–Kier alpha value is -2.71. The normalized spacial score (nSPS) is 20.3. The van der Waals surface area contributed by atoms with E-state index in [0.29, 0.717) is 30.4 Å². The molecule has 9 nitrogen and oxygen atoms in total. The van der Waals surface area contributed by atoms with Gasteiger partial charge in [0.2, 0.25) is 17.7 Å². The Balaban J connectivity index is 1.45. The van der Waals surface area contributed by atoms with Gasteiger partial charge in [-0.1, -0.05) is 13.8 Å². The van der Waals surface area contributed by atoms with Gasteiger partial charge in [0.05, 0.1) is 0 Å². The lowest BCUT2D eigenvalue weighted by atomic mass is 9.96. The largest absolute Gasteiger partial charge is 0.423 e. The van der Waals surface area contributed by atoms with E-state index in [1.807, 2.05) is 27.6 Å². The highest BCUT2D eigenvalue weighted by Gasteiger charge is 2.34. The van der Waals surface area contributed by atoms with Gasteiger partial charge in [-0.05, 0) is 44.6 Å². The summed E-state index contributed by atoms with van der Waals surface area (Å²) in [5, 5.41) is 13.1. The second kappa shape index (κ2) is 9.62. The number of carbonyl (C=O) groups excluding carboxylic acids is 2. The van der Waals surface area contributed by atoms with E-state index in [-0.39, 0.29) is 23.8 Å². The first-order valence-corrected chi connectivity index (χ1v) is 11.6. The monoisotopic (exact) mass is 428 g/mol. The molecule has 4 heterocycles. The van der Waals surface area contributed by atoms with Crippen LogP contribution in [0.25, 0.3) is 0 Å². The summed E-state index contributed by atoms with van der Waals surface area (Å²) >= 11 is 0. The molecule has 4 rings (SSSR count). The minimum Gasteiger partial charge on any atom is -0.423 e. The van der Waals surface area contributed by atoms with Gasteiger partial charge in [0.1, 0.15) is 11.7 Å². The zero-order valence-electron chi connectivity index (χ0n) is 18.5. The number of amides is 2. The highest BCUT2D eigenvalue weighted by Crippen LogP contribution is 2.34. The van der Waals surface area contributed by atoms with Crippen molar-refractivity contribution in [1.82, 2.24) is 29.8 Å². The molecule has 2 amide bonds. The molecule has 0 N–H and O–H groups in total. The molecule has 31 heavy (non-hydrogen) atoms. The summed E-state index contributed by atoms with van der Waals surface area (Å²) in [7, 11) is 0. The quantitative estimate of drug-likeness (QED) is 0.701. The summed E-state index contributed by atoms with van der Waals surface area (Å²) in [5.74, 6) is 1.43. The van der Waals surface area contributed by atoms with Crippen LogP contribution in [0.3, 0.4) is 0 Å². The first kappa shape index (κ1) is 21.5. The van der Waals surface area contributed by atoms with Crippen LogP contribution in [0.5, 0.6) is 0 Å². The van der Waals surface area contributed by atoms with Crippen LogP contribution in [0.2, 0.25) is 0 Å². The molecule has 2 aromatic heterocycles. The first-order valence-electron chi connectivity index (χ1n) is 11.6. The van der Waals surface area contributed by atoms with Crippen LogP contribution in [0.1, 0.15) is 93.0 Å². The van der Waals surface area contributed by atoms with E-state index in [9.17, 15) is 9.59 Å². The lowest BCUT2D eigenvalue weighted by Gasteiger charge is -2.33. The van der Waals surface area contributed by atoms with E-state index in [2.05, 4.69) is 22.2 Å². The second-order valence-electron chi connectivity index (χ2n) is 8.46. The number of hydrogen-bond donors (Lipinski definition) is 0. The maximum Gasteiger partial charge on any atom is 0.275 e. The summed E-state index contributed by atoms with van der Waals surface area (Å²) in [6.07, 6.45) is 7.82. The van der Waals surface area contributed by atoms with Crippen LogP contribution < -0.4 is 0 Å². The Kier molecular flexibility index (Phi) is 6.67. The minimum absolute atomic E-state index is 0.0781. The molecule has 168 valence electrons. The van der Waals surface area contributed by atoms with Gasteiger partial charge < -0.3 is 14.2 Å². The van der Waals surface area contributed by atoms with Crippen LogP contribution in [0.15, 0.2) is 16.7 Å². The average molecular weight is 429 g/mol. The summed E-state index contributed by atoms with van der Waals surface area (Å²) in [6.45, 7) is 6.89. The summed E-state index contributed by atoms with van der Waals surface area (Å²) in [6, 6.07) is 1.58. The molecule has 0 spiro atoms.